The normalized spacial score (nSPS) is 20.7. The van der Waals surface area contributed by atoms with E-state index in [4.69, 9.17) is 21.1 Å². The Labute approximate surface area is 225 Å². The highest BCUT2D eigenvalue weighted by Gasteiger charge is 2.46. The van der Waals surface area contributed by atoms with Crippen LogP contribution in [0.5, 0.6) is 0 Å². The summed E-state index contributed by atoms with van der Waals surface area (Å²) in [4.78, 5) is 5.01. The molecule has 11 heteroatoms. The molecule has 0 radical (unpaired) electrons. The smallest absolute Gasteiger partial charge is 0.390 e. The van der Waals surface area contributed by atoms with Crippen LogP contribution in [0, 0.1) is 0 Å². The van der Waals surface area contributed by atoms with Gasteiger partial charge in [0.1, 0.15) is 6.23 Å². The van der Waals surface area contributed by atoms with Gasteiger partial charge in [-0.15, -0.1) is 0 Å². The summed E-state index contributed by atoms with van der Waals surface area (Å²) >= 11 is 6.87. The van der Waals surface area contributed by atoms with Crippen molar-refractivity contribution in [3.63, 3.8) is 0 Å². The van der Waals surface area contributed by atoms with Gasteiger partial charge in [0.05, 0.1) is 35.2 Å². The van der Waals surface area contributed by atoms with Crippen LogP contribution in [0.4, 0.5) is 13.2 Å². The quantitative estimate of drug-likeness (QED) is 0.304. The maximum atomic E-state index is 14.3. The number of H-pyrrole nitrogens is 1. The lowest BCUT2D eigenvalue weighted by atomic mass is 9.77. The second kappa shape index (κ2) is 11.0. The van der Waals surface area contributed by atoms with Crippen molar-refractivity contribution < 1.29 is 27.8 Å². The van der Waals surface area contributed by atoms with Crippen molar-refractivity contribution in [2.75, 3.05) is 27.8 Å². The van der Waals surface area contributed by atoms with Gasteiger partial charge in [0, 0.05) is 48.6 Å². The van der Waals surface area contributed by atoms with Crippen molar-refractivity contribution in [1.82, 2.24) is 19.7 Å². The molecule has 38 heavy (non-hydrogen) atoms. The van der Waals surface area contributed by atoms with Crippen LogP contribution in [-0.2, 0) is 28.7 Å². The van der Waals surface area contributed by atoms with Gasteiger partial charge in [0.25, 0.3) is 0 Å². The first-order valence-corrected chi connectivity index (χ1v) is 12.9. The summed E-state index contributed by atoms with van der Waals surface area (Å²) in [6.07, 6.45) is -0.993. The maximum Gasteiger partial charge on any atom is 0.433 e. The molecule has 0 aliphatic heterocycles. The maximum absolute atomic E-state index is 14.3. The van der Waals surface area contributed by atoms with Crippen molar-refractivity contribution in [1.29, 1.82) is 0 Å². The van der Waals surface area contributed by atoms with Gasteiger partial charge in [-0.05, 0) is 46.3 Å². The number of aliphatic hydroxyl groups is 1. The Morgan fingerprint density at radius 2 is 1.97 bits per heavy atom. The topological polar surface area (TPSA) is 75.5 Å². The minimum Gasteiger partial charge on any atom is -0.390 e. The number of benzene rings is 1. The second-order valence-electron chi connectivity index (χ2n) is 10.3. The number of hydrogen-bond donors (Lipinski definition) is 2. The summed E-state index contributed by atoms with van der Waals surface area (Å²) in [6, 6.07) is 5.11. The van der Waals surface area contributed by atoms with Gasteiger partial charge in [-0.25, -0.2) is 0 Å². The fraction of sp³-hybridized carbons (Fsp3) is 0.519. The molecule has 1 fully saturated rings. The molecule has 2 heterocycles. The summed E-state index contributed by atoms with van der Waals surface area (Å²) in [7, 11) is 5.35. The van der Waals surface area contributed by atoms with Gasteiger partial charge in [0.15, 0.2) is 5.69 Å². The average molecular weight is 555 g/mol. The first-order valence-electron chi connectivity index (χ1n) is 12.5. The molecule has 2 aromatic heterocycles. The molecule has 208 valence electrons. The van der Waals surface area contributed by atoms with Crippen LogP contribution in [-0.4, -0.2) is 64.4 Å². The second-order valence-corrected chi connectivity index (χ2v) is 10.6. The van der Waals surface area contributed by atoms with Crippen molar-refractivity contribution in [2.45, 2.75) is 63.8 Å². The lowest BCUT2D eigenvalue weighted by Crippen LogP contribution is -2.43. The molecule has 1 unspecified atom stereocenters. The number of methoxy groups -OCH3 is 1. The van der Waals surface area contributed by atoms with E-state index in [9.17, 15) is 18.3 Å². The van der Waals surface area contributed by atoms with Crippen molar-refractivity contribution in [2.24, 2.45) is 0 Å². The molecule has 1 aliphatic rings. The lowest BCUT2D eigenvalue weighted by molar-refractivity contribution is -0.148. The molecule has 7 nitrogen and oxygen atoms in total. The zero-order chi connectivity index (χ0) is 27.8. The molecular weight excluding hydrogens is 521 g/mol. The van der Waals surface area contributed by atoms with Crippen molar-refractivity contribution in [3.05, 3.63) is 52.4 Å². The predicted octanol–water partition coefficient (Wildman–Crippen LogP) is 5.92. The number of ether oxygens (including phenoxy) is 2. The van der Waals surface area contributed by atoms with Crippen molar-refractivity contribution >= 4 is 11.6 Å². The Morgan fingerprint density at radius 1 is 1.26 bits per heavy atom. The predicted molar refractivity (Wildman–Crippen MR) is 140 cm³/mol. The Kier molecular flexibility index (Phi) is 8.30. The fourth-order valence-electron chi connectivity index (χ4n) is 5.18. The van der Waals surface area contributed by atoms with E-state index in [1.807, 2.05) is 44.1 Å². The summed E-state index contributed by atoms with van der Waals surface area (Å²) in [5.41, 5.74) is 1.11. The van der Waals surface area contributed by atoms with E-state index in [0.29, 0.717) is 34.7 Å². The van der Waals surface area contributed by atoms with Crippen LogP contribution < -0.4 is 0 Å². The highest BCUT2D eigenvalue weighted by atomic mass is 35.5. The highest BCUT2D eigenvalue weighted by Crippen LogP contribution is 2.47. The van der Waals surface area contributed by atoms with Gasteiger partial charge < -0.3 is 19.6 Å². The van der Waals surface area contributed by atoms with Gasteiger partial charge in [-0.3, -0.25) is 9.58 Å². The van der Waals surface area contributed by atoms with Crippen LogP contribution in [0.3, 0.4) is 0 Å². The molecule has 1 saturated carbocycles. The molecule has 1 aromatic carbocycles. The van der Waals surface area contributed by atoms with E-state index < -0.39 is 23.5 Å². The molecule has 0 saturated heterocycles. The molecule has 3 aromatic rings. The van der Waals surface area contributed by atoms with Gasteiger partial charge in [-0.2, -0.15) is 18.3 Å². The third-order valence-corrected chi connectivity index (χ3v) is 7.45. The van der Waals surface area contributed by atoms with E-state index >= 15 is 0 Å². The summed E-state index contributed by atoms with van der Waals surface area (Å²) in [5, 5.41) is 14.7. The van der Waals surface area contributed by atoms with E-state index in [0.717, 1.165) is 10.2 Å². The van der Waals surface area contributed by atoms with Crippen molar-refractivity contribution in [3.8, 4) is 22.4 Å². The minimum absolute atomic E-state index is 0.0641. The lowest BCUT2D eigenvalue weighted by Gasteiger charge is -2.41. The standard InChI is InChI=1S/C27H34ClF3N4O3/c1-6-38-22(34(3)4)10-16-8-7-9-18(23(16)28)19-13-32-24(21(19)15-37-5)20-14-33-35(25(20)27(29,30)31)17-11-26(2,36)12-17/h7-9,13-14,17,22,32,36H,6,10-12,15H2,1-5H3/t17-,22?,26+. The first kappa shape index (κ1) is 28.6. The van der Waals surface area contributed by atoms with E-state index in [-0.39, 0.29) is 36.9 Å². The largest absolute Gasteiger partial charge is 0.433 e. The zero-order valence-electron chi connectivity index (χ0n) is 22.2. The van der Waals surface area contributed by atoms with Crippen LogP contribution in [0.15, 0.2) is 30.6 Å². The van der Waals surface area contributed by atoms with Crippen LogP contribution >= 0.6 is 11.6 Å². The number of nitrogens with zero attached hydrogens (tertiary/aromatic N) is 3. The fourth-order valence-corrected chi connectivity index (χ4v) is 5.48. The average Bonchev–Trinajstić information content (AvgIpc) is 3.43. The summed E-state index contributed by atoms with van der Waals surface area (Å²) < 4.78 is 55.3. The van der Waals surface area contributed by atoms with Gasteiger partial charge in [0.2, 0.25) is 0 Å². The van der Waals surface area contributed by atoms with E-state index in [1.165, 1.54) is 13.3 Å². The molecular formula is C27H34ClF3N4O3. The monoisotopic (exact) mass is 554 g/mol. The number of rotatable bonds is 10. The number of alkyl halides is 3. The minimum atomic E-state index is -4.65. The number of hydrogen-bond acceptors (Lipinski definition) is 5. The zero-order valence-corrected chi connectivity index (χ0v) is 23.0. The summed E-state index contributed by atoms with van der Waals surface area (Å²) in [5.74, 6) is 0. The number of halogens is 4. The molecule has 1 aliphatic carbocycles. The number of aromatic amines is 1. The highest BCUT2D eigenvalue weighted by molar-refractivity contribution is 6.34. The molecule has 0 amide bonds. The molecule has 1 atom stereocenters. The van der Waals surface area contributed by atoms with Crippen LogP contribution in [0.1, 0.15) is 49.6 Å². The third-order valence-electron chi connectivity index (χ3n) is 7.00. The molecule has 0 spiro atoms. The Balaban J connectivity index is 1.78. The van der Waals surface area contributed by atoms with E-state index in [1.54, 1.807) is 13.1 Å². The Morgan fingerprint density at radius 3 is 2.55 bits per heavy atom. The number of nitrogens with one attached hydrogen (secondary N) is 1. The number of aromatic nitrogens is 3. The van der Waals surface area contributed by atoms with Crippen LogP contribution in [0.25, 0.3) is 22.4 Å². The summed E-state index contributed by atoms with van der Waals surface area (Å²) in [6.45, 7) is 4.15. The Bertz CT molecular complexity index is 1260. The third kappa shape index (κ3) is 5.65. The van der Waals surface area contributed by atoms with Gasteiger partial charge >= 0.3 is 6.18 Å². The molecule has 4 rings (SSSR count). The Hall–Kier alpha value is -2.37. The number of likely N-dealkylation sites (N-methyl/N-ethyl adjacent to an activating group) is 1. The molecule has 0 bridgehead atoms. The van der Waals surface area contributed by atoms with E-state index in [2.05, 4.69) is 10.1 Å². The first-order chi connectivity index (χ1) is 17.9. The molecule has 2 N–H and O–H groups in total. The SMILES string of the molecule is CCOC(Cc1cccc(-c2c[nH]c(-c3cnn([C@H]4C[C@@](C)(O)C4)c3C(F)(F)F)c2COC)c1Cl)N(C)C. The van der Waals surface area contributed by atoms with Crippen LogP contribution in [0.2, 0.25) is 5.02 Å². The van der Waals surface area contributed by atoms with Gasteiger partial charge in [-0.1, -0.05) is 29.8 Å².